The summed E-state index contributed by atoms with van der Waals surface area (Å²) in [5.74, 6) is -0.533. The molecular formula is C44H32N12Na4O12S4. The Hall–Kier alpha value is -4.48. The average Bonchev–Trinajstić information content (AvgIpc) is 3.31. The van der Waals surface area contributed by atoms with Crippen LogP contribution < -0.4 is 150 Å². The molecule has 8 aromatic rings. The minimum absolute atomic E-state index is 0. The number of hydrogen-bond acceptors (Lipinski definition) is 24. The second-order valence-corrected chi connectivity index (χ2v) is 20.3. The number of aromatic nitrogens is 6. The minimum atomic E-state index is -5.24. The molecule has 0 aliphatic rings. The van der Waals surface area contributed by atoms with Gasteiger partial charge >= 0.3 is 118 Å². The fourth-order valence-electron chi connectivity index (χ4n) is 6.43. The third kappa shape index (κ3) is 18.0. The molecule has 0 saturated carbocycles. The smallest absolute Gasteiger partial charge is 0.744 e. The zero-order valence-electron chi connectivity index (χ0n) is 40.2. The van der Waals surface area contributed by atoms with Crippen LogP contribution in [0.1, 0.15) is 11.1 Å². The number of nitrogens with zero attached hydrogens (tertiary/aromatic N) is 6. The quantitative estimate of drug-likeness (QED) is 0.0265. The van der Waals surface area contributed by atoms with E-state index in [2.05, 4.69) is 61.8 Å². The Balaban J connectivity index is 0.00000312. The molecule has 0 spiro atoms. The van der Waals surface area contributed by atoms with Crippen molar-refractivity contribution in [3.63, 3.8) is 0 Å². The van der Waals surface area contributed by atoms with E-state index in [-0.39, 0.29) is 188 Å². The molecule has 24 nitrogen and oxygen atoms in total. The molecule has 368 valence electrons. The van der Waals surface area contributed by atoms with Crippen molar-refractivity contribution >= 4 is 122 Å². The van der Waals surface area contributed by atoms with E-state index < -0.39 is 60.1 Å². The van der Waals surface area contributed by atoms with Gasteiger partial charge in [-0.25, -0.2) is 33.7 Å². The summed E-state index contributed by atoms with van der Waals surface area (Å²) in [6, 6.07) is 34.1. The van der Waals surface area contributed by atoms with Crippen LogP contribution in [0.3, 0.4) is 0 Å². The van der Waals surface area contributed by atoms with E-state index in [1.807, 2.05) is 0 Å². The molecule has 0 unspecified atom stereocenters. The molecule has 2 heterocycles. The summed E-state index contributed by atoms with van der Waals surface area (Å²) in [5, 5.41) is 17.4. The molecule has 2 aromatic heterocycles. The molecule has 0 fully saturated rings. The van der Waals surface area contributed by atoms with Crippen molar-refractivity contribution in [1.29, 1.82) is 0 Å². The third-order valence-corrected chi connectivity index (χ3v) is 13.1. The van der Waals surface area contributed by atoms with Crippen molar-refractivity contribution in [1.82, 2.24) is 29.9 Å². The molecule has 8 rings (SSSR count). The van der Waals surface area contributed by atoms with Gasteiger partial charge in [0.05, 0.1) is 19.6 Å². The summed E-state index contributed by atoms with van der Waals surface area (Å²) >= 11 is 0. The van der Waals surface area contributed by atoms with Crippen LogP contribution >= 0.6 is 0 Å². The predicted octanol–water partition coefficient (Wildman–Crippen LogP) is -5.68. The van der Waals surface area contributed by atoms with Crippen LogP contribution in [-0.4, -0.2) is 81.8 Å². The Morgan fingerprint density at radius 2 is 0.539 bits per heavy atom. The Labute approximate surface area is 524 Å². The first-order valence-corrected chi connectivity index (χ1v) is 26.0. The normalized spacial score (nSPS) is 11.4. The molecule has 0 radical (unpaired) electrons. The van der Waals surface area contributed by atoms with Gasteiger partial charge in [0.15, 0.2) is 0 Å². The van der Waals surface area contributed by atoms with E-state index in [0.29, 0.717) is 11.4 Å². The van der Waals surface area contributed by atoms with Crippen LogP contribution in [0, 0.1) is 0 Å². The fourth-order valence-corrected chi connectivity index (χ4v) is 8.76. The first kappa shape index (κ1) is 64.0. The van der Waals surface area contributed by atoms with Gasteiger partial charge in [-0.3, -0.25) is 0 Å². The van der Waals surface area contributed by atoms with Crippen LogP contribution in [0.5, 0.6) is 0 Å². The molecule has 0 atom stereocenters. The summed E-state index contributed by atoms with van der Waals surface area (Å²) < 4.78 is 145. The second-order valence-electron chi connectivity index (χ2n) is 14.8. The Kier molecular flexibility index (Phi) is 23.1. The number of benzene rings is 6. The van der Waals surface area contributed by atoms with Crippen LogP contribution in [0.2, 0.25) is 0 Å². The molecule has 6 N–H and O–H groups in total. The van der Waals surface area contributed by atoms with Gasteiger partial charge in [-0.2, -0.15) is 29.9 Å². The maximum atomic E-state index is 12.7. The first-order valence-electron chi connectivity index (χ1n) is 20.4. The van der Waals surface area contributed by atoms with Crippen molar-refractivity contribution in [2.24, 2.45) is 0 Å². The monoisotopic (exact) mass is 1140 g/mol. The fraction of sp³-hybridized carbons (Fsp3) is 0. The van der Waals surface area contributed by atoms with E-state index in [4.69, 9.17) is 0 Å². The summed E-state index contributed by atoms with van der Waals surface area (Å²) in [6.45, 7) is 0. The Morgan fingerprint density at radius 1 is 0.303 bits per heavy atom. The maximum Gasteiger partial charge on any atom is 1.00 e. The molecule has 76 heavy (non-hydrogen) atoms. The van der Waals surface area contributed by atoms with E-state index in [0.717, 1.165) is 48.6 Å². The van der Waals surface area contributed by atoms with Gasteiger partial charge in [-0.1, -0.05) is 60.7 Å². The van der Waals surface area contributed by atoms with Gasteiger partial charge in [0.2, 0.25) is 35.7 Å². The van der Waals surface area contributed by atoms with Crippen LogP contribution in [0.4, 0.5) is 69.8 Å². The SMILES string of the molecule is O=S(=O)([O-])c1ccc(Nc2nc(Nc3ccccc3)nc(Nc3ccc(C=Cc4ccc(Nc5nc(Nc6ccccc6)nc(Nc6ccc(S(=O)(=O)[O-])cc6)n5)cc4S(=O)(=O)[O-])c(S(=O)(=O)[O-])c3)n2)cc1.[Na+].[Na+].[Na+].[Na+]. The van der Waals surface area contributed by atoms with E-state index in [1.54, 1.807) is 60.7 Å². The number of rotatable bonds is 18. The number of anilines is 12. The maximum absolute atomic E-state index is 12.7. The van der Waals surface area contributed by atoms with Gasteiger partial charge < -0.3 is 50.1 Å². The topological polar surface area (TPSA) is 378 Å². The van der Waals surface area contributed by atoms with Crippen molar-refractivity contribution in [3.05, 3.63) is 157 Å². The standard InChI is InChI=1S/C44H36N12O12S4.4Na/c57-69(58,59)35-21-17-31(18-22-35)47-41-51-39(45-29-7-3-1-4-8-29)53-43(55-41)49-33-15-13-27(37(25-33)71(63,64)65)11-12-28-14-16-34(26-38(28)72(66,67)68)50-44-54-40(46-30-9-5-2-6-10-30)52-42(56-44)48-32-19-23-36(24-20-32)70(60,61)62;;;;/h1-26H,(H,57,58,59)(H,60,61,62)(H,63,64,65)(H,66,67,68)(H3,45,47,49,51,53,55)(H3,46,48,50,52,54,56);;;;/q;4*+1/p-4. The molecule has 0 amide bonds. The summed E-state index contributed by atoms with van der Waals surface area (Å²) in [4.78, 5) is 23.5. The van der Waals surface area contributed by atoms with Crippen molar-refractivity contribution < 1.29 is 170 Å². The van der Waals surface area contributed by atoms with Crippen LogP contribution in [-0.2, 0) is 40.5 Å². The third-order valence-electron chi connectivity index (χ3n) is 9.65. The Bertz CT molecular complexity index is 3580. The van der Waals surface area contributed by atoms with E-state index in [1.165, 1.54) is 48.5 Å². The van der Waals surface area contributed by atoms with Crippen molar-refractivity contribution in [2.75, 3.05) is 31.9 Å². The molecule has 0 aliphatic heterocycles. The second kappa shape index (κ2) is 27.4. The average molecular weight is 1140 g/mol. The van der Waals surface area contributed by atoms with E-state index in [9.17, 15) is 51.9 Å². The summed E-state index contributed by atoms with van der Waals surface area (Å²) in [5.41, 5.74) is 1.30. The first-order chi connectivity index (χ1) is 34.1. The van der Waals surface area contributed by atoms with Gasteiger partial charge in [0, 0.05) is 34.1 Å². The number of hydrogen-bond donors (Lipinski definition) is 6. The van der Waals surface area contributed by atoms with Crippen LogP contribution in [0.15, 0.2) is 165 Å². The summed E-state index contributed by atoms with van der Waals surface area (Å²) in [7, 11) is -19.9. The molecule has 0 saturated heterocycles. The van der Waals surface area contributed by atoms with Gasteiger partial charge in [0.25, 0.3) is 0 Å². The largest absolute Gasteiger partial charge is 1.00 e. The number of para-hydroxylation sites is 2. The molecule has 0 bridgehead atoms. The van der Waals surface area contributed by atoms with Gasteiger partial charge in [0.1, 0.15) is 40.5 Å². The minimum Gasteiger partial charge on any atom is -0.744 e. The zero-order valence-corrected chi connectivity index (χ0v) is 51.5. The van der Waals surface area contributed by atoms with Crippen molar-refractivity contribution in [3.8, 4) is 0 Å². The molecule has 0 aliphatic carbocycles. The molecular weight excluding hydrogens is 1110 g/mol. The van der Waals surface area contributed by atoms with Crippen molar-refractivity contribution in [2.45, 2.75) is 19.6 Å². The molecule has 32 heteroatoms. The number of nitrogens with one attached hydrogen (secondary N) is 6. The summed E-state index contributed by atoms with van der Waals surface area (Å²) in [6.07, 6.45) is 2.23. The zero-order chi connectivity index (χ0) is 51.3. The predicted molar refractivity (Wildman–Crippen MR) is 259 cm³/mol. The van der Waals surface area contributed by atoms with Gasteiger partial charge in [-0.05, 0) is 108 Å². The molecule has 6 aromatic carbocycles. The van der Waals surface area contributed by atoms with Gasteiger partial charge in [-0.15, -0.1) is 0 Å². The Morgan fingerprint density at radius 3 is 0.789 bits per heavy atom. The van der Waals surface area contributed by atoms with E-state index >= 15 is 0 Å². The van der Waals surface area contributed by atoms with Crippen LogP contribution in [0.25, 0.3) is 12.2 Å².